The summed E-state index contributed by atoms with van der Waals surface area (Å²) in [6.07, 6.45) is 0. The molecule has 0 fully saturated rings. The van der Waals surface area contributed by atoms with Crippen molar-refractivity contribution in [2.24, 2.45) is 5.10 Å². The van der Waals surface area contributed by atoms with Gasteiger partial charge in [0.05, 0.1) is 12.8 Å². The lowest BCUT2D eigenvalue weighted by molar-refractivity contribution is 0.415. The number of hydrogen-bond acceptors (Lipinski definition) is 3. The lowest BCUT2D eigenvalue weighted by atomic mass is 10.0. The number of benzene rings is 3. The Hall–Kier alpha value is -2.99. The number of halogens is 1. The summed E-state index contributed by atoms with van der Waals surface area (Å²) >= 11 is 5.20. The van der Waals surface area contributed by atoms with Crippen LogP contribution in [0.1, 0.15) is 12.5 Å². The third-order valence-electron chi connectivity index (χ3n) is 3.89. The first-order chi connectivity index (χ1) is 12.5. The minimum atomic E-state index is -0.294. The van der Waals surface area contributed by atoms with Crippen LogP contribution >= 0.6 is 12.2 Å². The predicted octanol–water partition coefficient (Wildman–Crippen LogP) is 4.70. The fourth-order valence-corrected chi connectivity index (χ4v) is 2.63. The molecule has 132 valence electrons. The first-order valence-electron chi connectivity index (χ1n) is 8.00. The van der Waals surface area contributed by atoms with Crippen molar-refractivity contribution in [2.75, 3.05) is 12.4 Å². The Morgan fingerprint density at radius 3 is 2.42 bits per heavy atom. The topological polar surface area (TPSA) is 45.6 Å². The second-order valence-electron chi connectivity index (χ2n) is 5.70. The molecule has 0 radical (unpaired) electrons. The average Bonchev–Trinajstić information content (AvgIpc) is 2.67. The van der Waals surface area contributed by atoms with E-state index in [-0.39, 0.29) is 5.82 Å². The zero-order valence-corrected chi connectivity index (χ0v) is 15.2. The third-order valence-corrected chi connectivity index (χ3v) is 4.09. The first kappa shape index (κ1) is 17.8. The number of anilines is 1. The van der Waals surface area contributed by atoms with Crippen LogP contribution in [0.25, 0.3) is 10.8 Å². The molecule has 2 N–H and O–H groups in total. The van der Waals surface area contributed by atoms with Gasteiger partial charge in [0.2, 0.25) is 0 Å². The van der Waals surface area contributed by atoms with Crippen molar-refractivity contribution in [1.29, 1.82) is 0 Å². The van der Waals surface area contributed by atoms with Gasteiger partial charge in [-0.1, -0.05) is 18.2 Å². The van der Waals surface area contributed by atoms with Gasteiger partial charge >= 0.3 is 0 Å². The highest BCUT2D eigenvalue weighted by molar-refractivity contribution is 7.80. The molecule has 0 bridgehead atoms. The van der Waals surface area contributed by atoms with Crippen LogP contribution in [0.5, 0.6) is 5.75 Å². The predicted molar refractivity (Wildman–Crippen MR) is 108 cm³/mol. The van der Waals surface area contributed by atoms with Crippen molar-refractivity contribution >= 4 is 39.5 Å². The first-order valence-corrected chi connectivity index (χ1v) is 8.41. The van der Waals surface area contributed by atoms with E-state index >= 15 is 0 Å². The van der Waals surface area contributed by atoms with Crippen LogP contribution in [0, 0.1) is 5.82 Å². The Bertz CT molecular complexity index is 970. The van der Waals surface area contributed by atoms with Gasteiger partial charge in [-0.05, 0) is 77.9 Å². The monoisotopic (exact) mass is 367 g/mol. The number of nitrogens with zero attached hydrogens (tertiary/aromatic N) is 1. The third kappa shape index (κ3) is 4.34. The molecule has 3 rings (SSSR count). The standard InChI is InChI=1S/C20H18FN3OS/c1-13(23-24-20(26)22-18-8-6-17(21)7-9-18)14-3-4-16-12-19(25-2)10-5-15(16)11-14/h3-12H,1-2H3,(H2,22,24,26)/b23-13+. The summed E-state index contributed by atoms with van der Waals surface area (Å²) in [5.74, 6) is 0.534. The SMILES string of the molecule is COc1ccc2cc(/C(C)=N/NC(=S)Nc3ccc(F)cc3)ccc2c1. The number of thiocarbonyl (C=S) groups is 1. The Kier molecular flexibility index (Phi) is 5.43. The lowest BCUT2D eigenvalue weighted by Crippen LogP contribution is -2.24. The summed E-state index contributed by atoms with van der Waals surface area (Å²) < 4.78 is 18.2. The zero-order valence-electron chi connectivity index (χ0n) is 14.4. The number of hydrogen-bond donors (Lipinski definition) is 2. The van der Waals surface area contributed by atoms with Crippen molar-refractivity contribution in [2.45, 2.75) is 6.92 Å². The lowest BCUT2D eigenvalue weighted by Gasteiger charge is -2.09. The molecular weight excluding hydrogens is 349 g/mol. The number of rotatable bonds is 4. The van der Waals surface area contributed by atoms with Gasteiger partial charge in [0.1, 0.15) is 11.6 Å². The van der Waals surface area contributed by atoms with Gasteiger partial charge in [-0.15, -0.1) is 0 Å². The summed E-state index contributed by atoms with van der Waals surface area (Å²) in [6, 6.07) is 18.0. The number of hydrazone groups is 1. The fraction of sp³-hybridized carbons (Fsp3) is 0.100. The van der Waals surface area contributed by atoms with Gasteiger partial charge in [0.25, 0.3) is 0 Å². The van der Waals surface area contributed by atoms with Crippen molar-refractivity contribution in [3.05, 3.63) is 72.0 Å². The highest BCUT2D eigenvalue weighted by Crippen LogP contribution is 2.22. The number of fused-ring (bicyclic) bond motifs is 1. The van der Waals surface area contributed by atoms with Crippen LogP contribution in [0.4, 0.5) is 10.1 Å². The van der Waals surface area contributed by atoms with E-state index < -0.39 is 0 Å². The van der Waals surface area contributed by atoms with Crippen molar-refractivity contribution in [1.82, 2.24) is 5.43 Å². The number of ether oxygens (including phenoxy) is 1. The largest absolute Gasteiger partial charge is 0.497 e. The molecule has 0 saturated heterocycles. The molecule has 0 aliphatic rings. The molecule has 0 heterocycles. The molecule has 6 heteroatoms. The van der Waals surface area contributed by atoms with Crippen LogP contribution in [0.15, 0.2) is 65.8 Å². The molecule has 26 heavy (non-hydrogen) atoms. The molecule has 0 atom stereocenters. The smallest absolute Gasteiger partial charge is 0.191 e. The van der Waals surface area contributed by atoms with Gasteiger partial charge < -0.3 is 10.1 Å². The second-order valence-corrected chi connectivity index (χ2v) is 6.11. The van der Waals surface area contributed by atoms with Crippen molar-refractivity contribution < 1.29 is 9.13 Å². The van der Waals surface area contributed by atoms with E-state index in [4.69, 9.17) is 17.0 Å². The molecule has 0 amide bonds. The maximum Gasteiger partial charge on any atom is 0.191 e. The van der Waals surface area contributed by atoms with E-state index in [1.54, 1.807) is 19.2 Å². The highest BCUT2D eigenvalue weighted by Gasteiger charge is 2.03. The van der Waals surface area contributed by atoms with Crippen molar-refractivity contribution in [3.63, 3.8) is 0 Å². The molecule has 4 nitrogen and oxygen atoms in total. The van der Waals surface area contributed by atoms with E-state index in [1.165, 1.54) is 12.1 Å². The quantitative estimate of drug-likeness (QED) is 0.399. The molecule has 0 spiro atoms. The Morgan fingerprint density at radius 1 is 1.00 bits per heavy atom. The van der Waals surface area contributed by atoms with Crippen molar-refractivity contribution in [3.8, 4) is 5.75 Å². The van der Waals surface area contributed by atoms with E-state index in [2.05, 4.69) is 21.9 Å². The van der Waals surface area contributed by atoms with Gasteiger partial charge in [-0.25, -0.2) is 4.39 Å². The maximum atomic E-state index is 12.9. The number of methoxy groups -OCH3 is 1. The molecule has 0 unspecified atom stereocenters. The van der Waals surface area contributed by atoms with E-state index in [1.807, 2.05) is 37.3 Å². The van der Waals surface area contributed by atoms with Crippen LogP contribution in [0.2, 0.25) is 0 Å². The molecule has 3 aromatic carbocycles. The van der Waals surface area contributed by atoms with E-state index in [0.29, 0.717) is 10.8 Å². The molecule has 0 aromatic heterocycles. The normalized spacial score (nSPS) is 11.3. The summed E-state index contributed by atoms with van der Waals surface area (Å²) in [5.41, 5.74) is 5.28. The summed E-state index contributed by atoms with van der Waals surface area (Å²) in [4.78, 5) is 0. The van der Waals surface area contributed by atoms with Gasteiger partial charge in [0.15, 0.2) is 5.11 Å². The van der Waals surface area contributed by atoms with Crippen LogP contribution in [0.3, 0.4) is 0 Å². The Morgan fingerprint density at radius 2 is 1.69 bits per heavy atom. The van der Waals surface area contributed by atoms with E-state index in [9.17, 15) is 4.39 Å². The van der Waals surface area contributed by atoms with Gasteiger partial charge in [-0.2, -0.15) is 5.10 Å². The minimum absolute atomic E-state index is 0.294. The van der Waals surface area contributed by atoms with Crippen LogP contribution < -0.4 is 15.5 Å². The second kappa shape index (κ2) is 7.93. The Labute approximate surface area is 156 Å². The minimum Gasteiger partial charge on any atom is -0.497 e. The van der Waals surface area contributed by atoms with Crippen LogP contribution in [-0.2, 0) is 0 Å². The van der Waals surface area contributed by atoms with Gasteiger partial charge in [-0.3, -0.25) is 5.43 Å². The van der Waals surface area contributed by atoms with E-state index in [0.717, 1.165) is 27.8 Å². The molecule has 3 aromatic rings. The summed E-state index contributed by atoms with van der Waals surface area (Å²) in [7, 11) is 1.65. The summed E-state index contributed by atoms with van der Waals surface area (Å²) in [5, 5.41) is 9.80. The molecule has 0 saturated carbocycles. The Balaban J connectivity index is 1.69. The van der Waals surface area contributed by atoms with Crippen LogP contribution in [-0.4, -0.2) is 17.9 Å². The van der Waals surface area contributed by atoms with Gasteiger partial charge in [0, 0.05) is 5.69 Å². The summed E-state index contributed by atoms with van der Waals surface area (Å²) in [6.45, 7) is 1.90. The molecular formula is C20H18FN3OS. The average molecular weight is 367 g/mol. The maximum absolute atomic E-state index is 12.9. The molecule has 0 aliphatic heterocycles. The highest BCUT2D eigenvalue weighted by atomic mass is 32.1. The number of nitrogens with one attached hydrogen (secondary N) is 2. The fourth-order valence-electron chi connectivity index (χ4n) is 2.47. The zero-order chi connectivity index (χ0) is 18.5. The molecule has 0 aliphatic carbocycles.